The van der Waals surface area contributed by atoms with Crippen LogP contribution in [0.2, 0.25) is 0 Å². The fourth-order valence-corrected chi connectivity index (χ4v) is 0.705. The summed E-state index contributed by atoms with van der Waals surface area (Å²) in [6, 6.07) is 6.01. The van der Waals surface area contributed by atoms with Crippen LogP contribution in [0.4, 0.5) is 0 Å². The molecule has 5 nitrogen and oxygen atoms in total. The Hall–Kier alpha value is -0.980. The molecule has 78 valence electrons. The highest BCUT2D eigenvalue weighted by molar-refractivity contribution is 4.83. The number of allylic oxidation sites excluding steroid dienone is 1. The first kappa shape index (κ1) is 13.0. The van der Waals surface area contributed by atoms with E-state index in [1.165, 1.54) is 0 Å². The van der Waals surface area contributed by atoms with Crippen LogP contribution in [0, 0.1) is 10.2 Å². The molecule has 14 heavy (non-hydrogen) atoms. The Morgan fingerprint density at radius 3 is 1.86 bits per heavy atom. The van der Waals surface area contributed by atoms with Gasteiger partial charge in [0.25, 0.3) is 0 Å². The summed E-state index contributed by atoms with van der Waals surface area (Å²) in [4.78, 5) is 0. The van der Waals surface area contributed by atoms with Gasteiger partial charge in [0.2, 0.25) is 0 Å². The summed E-state index contributed by atoms with van der Waals surface area (Å²) in [5.41, 5.74) is 0. The second-order valence-electron chi connectivity index (χ2n) is 2.24. The zero-order valence-electron chi connectivity index (χ0n) is 7.34. The van der Waals surface area contributed by atoms with Crippen LogP contribution in [0.5, 0.6) is 0 Å². The molecule has 0 aromatic carbocycles. The van der Waals surface area contributed by atoms with Gasteiger partial charge in [0.15, 0.2) is 18.9 Å². The van der Waals surface area contributed by atoms with Crippen LogP contribution < -0.4 is 23.2 Å². The number of aromatic nitrogens is 1. The maximum absolute atomic E-state index is 8.49. The predicted octanol–water partition coefficient (Wildman–Crippen LogP) is -3.60. The smallest absolute Gasteiger partial charge is 0.169 e. The van der Waals surface area contributed by atoms with Gasteiger partial charge in [-0.2, -0.15) is 0 Å². The topological polar surface area (TPSA) is 96.1 Å². The second kappa shape index (κ2) is 6.47. The largest absolute Gasteiger partial charge is 0.222 e. The Bertz CT molecular complexity index is 254. The molecule has 6 heteroatoms. The highest BCUT2D eigenvalue weighted by Gasteiger charge is 1.88. The first-order valence-corrected chi connectivity index (χ1v) is 4.83. The van der Waals surface area contributed by atoms with Crippen molar-refractivity contribution in [3.63, 3.8) is 0 Å². The van der Waals surface area contributed by atoms with Crippen molar-refractivity contribution in [2.24, 2.45) is 0 Å². The molecule has 0 amide bonds. The molecule has 0 atom stereocenters. The average molecular weight is 220 g/mol. The zero-order chi connectivity index (χ0) is 11.0. The monoisotopic (exact) mass is 219 g/mol. The molecule has 0 aliphatic carbocycles. The lowest BCUT2D eigenvalue weighted by Crippen LogP contribution is -2.68. The molecule has 0 radical (unpaired) electrons. The molecule has 0 spiro atoms. The Morgan fingerprint density at radius 2 is 1.50 bits per heavy atom. The minimum absolute atomic E-state index is 0.890. The van der Waals surface area contributed by atoms with Crippen LogP contribution in [-0.4, -0.2) is 0 Å². The molecule has 1 aromatic heterocycles. The van der Waals surface area contributed by atoms with Crippen molar-refractivity contribution in [3.8, 4) is 0 Å². The van der Waals surface area contributed by atoms with Crippen LogP contribution in [0.15, 0.2) is 43.2 Å². The first-order chi connectivity index (χ1) is 6.43. The van der Waals surface area contributed by atoms with Crippen molar-refractivity contribution < 1.29 is 33.4 Å². The minimum Gasteiger partial charge on any atom is -0.222 e. The Morgan fingerprint density at radius 1 is 1.07 bits per heavy atom. The molecular formula is C8H10ClNO4. The van der Waals surface area contributed by atoms with E-state index in [1.807, 2.05) is 36.7 Å². The molecule has 1 heterocycles. The maximum Gasteiger partial charge on any atom is 0.169 e. The van der Waals surface area contributed by atoms with E-state index >= 15 is 0 Å². The number of hydrogen-bond donors (Lipinski definition) is 0. The molecule has 0 unspecified atom stereocenters. The third-order valence-electron chi connectivity index (χ3n) is 1.12. The van der Waals surface area contributed by atoms with Crippen molar-refractivity contribution in [1.29, 1.82) is 0 Å². The SMILES string of the molecule is C=CC[n+]1ccccc1.[O-][Cl+3]([O-])([O-])[O-]. The van der Waals surface area contributed by atoms with Gasteiger partial charge in [0.05, 0.1) is 0 Å². The normalized spacial score (nSPS) is 10.0. The summed E-state index contributed by atoms with van der Waals surface area (Å²) in [6.45, 7) is 4.52. The first-order valence-electron chi connectivity index (χ1n) is 3.60. The highest BCUT2D eigenvalue weighted by atomic mass is 35.7. The van der Waals surface area contributed by atoms with Crippen molar-refractivity contribution in [2.75, 3.05) is 0 Å². The molecular weight excluding hydrogens is 210 g/mol. The van der Waals surface area contributed by atoms with Crippen LogP contribution >= 0.6 is 0 Å². The van der Waals surface area contributed by atoms with E-state index in [4.69, 9.17) is 18.6 Å². The molecule has 0 aliphatic heterocycles. The lowest BCUT2D eigenvalue weighted by atomic mass is 10.5. The van der Waals surface area contributed by atoms with E-state index in [9.17, 15) is 0 Å². The van der Waals surface area contributed by atoms with E-state index < -0.39 is 10.2 Å². The van der Waals surface area contributed by atoms with Gasteiger partial charge in [-0.3, -0.25) is 0 Å². The predicted molar refractivity (Wildman–Crippen MR) is 36.8 cm³/mol. The number of nitrogens with zero attached hydrogens (tertiary/aromatic N) is 1. The van der Waals surface area contributed by atoms with Crippen molar-refractivity contribution >= 4 is 0 Å². The fourth-order valence-electron chi connectivity index (χ4n) is 0.705. The number of halogens is 1. The summed E-state index contributed by atoms with van der Waals surface area (Å²) >= 11 is 0. The van der Waals surface area contributed by atoms with Crippen molar-refractivity contribution in [2.45, 2.75) is 6.54 Å². The fraction of sp³-hybridized carbons (Fsp3) is 0.125. The number of hydrogen-bond acceptors (Lipinski definition) is 4. The van der Waals surface area contributed by atoms with Gasteiger partial charge < -0.3 is 0 Å². The standard InChI is InChI=1S/C8H10N.ClHO4/c1-2-6-9-7-4-3-5-8-9;2-1(3,4)5/h2-5,7-8H,1,6H2;(H,2,3,4,5)/q+1;/p-1. The van der Waals surface area contributed by atoms with Crippen LogP contribution in [0.1, 0.15) is 0 Å². The van der Waals surface area contributed by atoms with Gasteiger partial charge in [-0.15, -0.1) is 10.2 Å². The van der Waals surface area contributed by atoms with Crippen LogP contribution in [-0.2, 0) is 6.54 Å². The average Bonchev–Trinajstić information content (AvgIpc) is 2.03. The van der Waals surface area contributed by atoms with Gasteiger partial charge in [-0.1, -0.05) is 12.6 Å². The molecule has 0 fully saturated rings. The summed E-state index contributed by atoms with van der Waals surface area (Å²) in [7, 11) is -4.94. The highest BCUT2D eigenvalue weighted by Crippen LogP contribution is 1.75. The van der Waals surface area contributed by atoms with E-state index in [0.717, 1.165) is 6.54 Å². The number of rotatable bonds is 2. The maximum atomic E-state index is 8.49. The Balaban J connectivity index is 0.000000292. The Kier molecular flexibility index (Phi) is 6.02. The molecule has 0 saturated heterocycles. The van der Waals surface area contributed by atoms with Gasteiger partial charge in [0.1, 0.15) is 0 Å². The molecule has 0 aliphatic rings. The van der Waals surface area contributed by atoms with Gasteiger partial charge in [-0.05, 0) is 6.08 Å². The van der Waals surface area contributed by atoms with E-state index in [1.54, 1.807) is 0 Å². The summed E-state index contributed by atoms with van der Waals surface area (Å²) < 4.78 is 36.0. The lowest BCUT2D eigenvalue weighted by molar-refractivity contribution is -2.00. The van der Waals surface area contributed by atoms with Gasteiger partial charge in [-0.25, -0.2) is 23.2 Å². The third-order valence-corrected chi connectivity index (χ3v) is 1.12. The minimum atomic E-state index is -4.94. The van der Waals surface area contributed by atoms with Crippen molar-refractivity contribution in [1.82, 2.24) is 0 Å². The molecule has 1 rings (SSSR count). The third kappa shape index (κ3) is 11.0. The molecule has 0 bridgehead atoms. The molecule has 0 N–H and O–H groups in total. The summed E-state index contributed by atoms with van der Waals surface area (Å²) in [5.74, 6) is 0. The Labute approximate surface area is 83.9 Å². The van der Waals surface area contributed by atoms with E-state index in [2.05, 4.69) is 11.1 Å². The van der Waals surface area contributed by atoms with Gasteiger partial charge in [0, 0.05) is 12.1 Å². The van der Waals surface area contributed by atoms with E-state index in [-0.39, 0.29) is 0 Å². The lowest BCUT2D eigenvalue weighted by Gasteiger charge is -2.17. The van der Waals surface area contributed by atoms with Crippen LogP contribution in [0.25, 0.3) is 0 Å². The van der Waals surface area contributed by atoms with Crippen molar-refractivity contribution in [3.05, 3.63) is 43.2 Å². The zero-order valence-corrected chi connectivity index (χ0v) is 8.09. The van der Waals surface area contributed by atoms with E-state index in [0.29, 0.717) is 0 Å². The second-order valence-corrected chi connectivity index (χ2v) is 2.99. The molecule has 0 saturated carbocycles. The number of pyridine rings is 1. The quantitative estimate of drug-likeness (QED) is 0.379. The van der Waals surface area contributed by atoms with Gasteiger partial charge >= 0.3 is 0 Å². The molecule has 1 aromatic rings. The summed E-state index contributed by atoms with van der Waals surface area (Å²) in [6.07, 6.45) is 5.91. The summed E-state index contributed by atoms with van der Waals surface area (Å²) in [5, 5.41) is 0. The van der Waals surface area contributed by atoms with Crippen LogP contribution in [0.3, 0.4) is 0 Å².